The third kappa shape index (κ3) is 14.6. The van der Waals surface area contributed by atoms with Gasteiger partial charge in [0.05, 0.1) is 16.4 Å². The van der Waals surface area contributed by atoms with Crippen LogP contribution in [0.1, 0.15) is 0 Å². The van der Waals surface area contributed by atoms with Crippen LogP contribution in [0.3, 0.4) is 0 Å². The molecule has 0 bridgehead atoms. The van der Waals surface area contributed by atoms with Gasteiger partial charge < -0.3 is 0 Å². The van der Waals surface area contributed by atoms with Crippen LogP contribution in [0.2, 0.25) is 94.1 Å². The minimum atomic E-state index is -1.27. The second-order valence-electron chi connectivity index (χ2n) is 10.8. The van der Waals surface area contributed by atoms with Gasteiger partial charge in [0.15, 0.2) is 0 Å². The predicted octanol–water partition coefficient (Wildman–Crippen LogP) is 6.85. The molecule has 0 aliphatic heterocycles. The monoisotopic (exact) mass is 666 g/mol. The molecule has 0 unspecified atom stereocenters. The number of benzene rings is 1. The summed E-state index contributed by atoms with van der Waals surface area (Å²) in [6.07, 6.45) is 0. The van der Waals surface area contributed by atoms with Gasteiger partial charge in [0.25, 0.3) is 0 Å². The van der Waals surface area contributed by atoms with Gasteiger partial charge in [-0.15, -0.1) is 0 Å². The van der Waals surface area contributed by atoms with Crippen molar-refractivity contribution in [3.05, 3.63) is 24.3 Å². The Morgan fingerprint density at radius 1 is 0.714 bits per heavy atom. The summed E-state index contributed by atoms with van der Waals surface area (Å²) in [5, 5.41) is 3.28. The number of hydrogen-bond acceptors (Lipinski definition) is 0. The fraction of sp³-hybridized carbons (Fsp3) is 0.727. The average Bonchev–Trinajstić information content (AvgIpc) is 2.52. The quantitative estimate of drug-likeness (QED) is 0.292. The Kier molecular flexibility index (Phi) is 17.6. The van der Waals surface area contributed by atoms with Gasteiger partial charge in [0.2, 0.25) is 0 Å². The Balaban J connectivity index is 0. The Bertz CT molecular complexity index is 498. The summed E-state index contributed by atoms with van der Waals surface area (Å²) < 4.78 is 0. The Morgan fingerprint density at radius 2 is 1.07 bits per heavy atom. The summed E-state index contributed by atoms with van der Waals surface area (Å²) in [6, 6.07) is 12.8. The molecule has 6 heteroatoms. The van der Waals surface area contributed by atoms with E-state index in [1.807, 2.05) is 0 Å². The Hall–Kier alpha value is 1.68. The molecule has 1 rings (SSSR count). The van der Waals surface area contributed by atoms with Crippen LogP contribution in [0.15, 0.2) is 24.3 Å². The average molecular weight is 664 g/mol. The third-order valence-corrected chi connectivity index (χ3v) is 26.8. The van der Waals surface area contributed by atoms with E-state index in [1.165, 1.54) is 12.1 Å². The topological polar surface area (TPSA) is 0 Å². The van der Waals surface area contributed by atoms with E-state index in [2.05, 4.69) is 106 Å². The van der Waals surface area contributed by atoms with Crippen molar-refractivity contribution in [1.82, 2.24) is 0 Å². The van der Waals surface area contributed by atoms with E-state index < -0.39 is 54.7 Å². The van der Waals surface area contributed by atoms with Crippen LogP contribution < -0.4 is 10.4 Å². The predicted molar refractivity (Wildman–Crippen MR) is 152 cm³/mol. The fourth-order valence-corrected chi connectivity index (χ4v) is 16.1. The van der Waals surface area contributed by atoms with Crippen LogP contribution >= 0.6 is 0 Å². The molecule has 1 aromatic carbocycles. The first-order valence-electron chi connectivity index (χ1n) is 10.8. The Morgan fingerprint density at radius 3 is 1.36 bits per heavy atom. The van der Waals surface area contributed by atoms with Crippen molar-refractivity contribution in [3.63, 3.8) is 0 Å². The molecule has 162 valence electrons. The molecular weight excluding hydrogens is 614 g/mol. The van der Waals surface area contributed by atoms with Gasteiger partial charge >= 0.3 is 69.2 Å². The zero-order chi connectivity index (χ0) is 22.7. The van der Waals surface area contributed by atoms with Crippen molar-refractivity contribution >= 4 is 82.7 Å². The summed E-state index contributed by atoms with van der Waals surface area (Å²) in [6.45, 7) is 20.2. The molecule has 0 spiro atoms. The molecule has 0 aromatic heterocycles. The SMILES string of the molecule is C[Si](C)CC[Si](C)(C)[Si](C)(C)c1ccc([Si](C)C)cc1.[CH3][Sn]([CH3])[CH3].[CH3][Sn]([CH3])[CH3]. The second kappa shape index (κ2) is 15.5. The van der Waals surface area contributed by atoms with Gasteiger partial charge in [-0.05, 0) is 0 Å². The summed E-state index contributed by atoms with van der Waals surface area (Å²) >= 11 is -1.09. The van der Waals surface area contributed by atoms with Gasteiger partial charge in [0, 0.05) is 16.4 Å². The molecule has 0 N–H and O–H groups in total. The van der Waals surface area contributed by atoms with Crippen LogP contribution in [-0.2, 0) is 0 Å². The van der Waals surface area contributed by atoms with Crippen molar-refractivity contribution in [3.8, 4) is 0 Å². The molecule has 28 heavy (non-hydrogen) atoms. The summed E-state index contributed by atoms with van der Waals surface area (Å²) in [7, 11) is -2.74. The van der Waals surface area contributed by atoms with E-state index >= 15 is 0 Å². The van der Waals surface area contributed by atoms with Crippen LogP contribution in [0.25, 0.3) is 0 Å². The van der Waals surface area contributed by atoms with Crippen molar-refractivity contribution < 1.29 is 0 Å². The molecule has 0 atom stereocenters. The van der Waals surface area contributed by atoms with Gasteiger partial charge in [-0.1, -0.05) is 99.1 Å². The molecule has 0 saturated heterocycles. The van der Waals surface area contributed by atoms with E-state index in [1.54, 1.807) is 10.4 Å². The fourth-order valence-electron chi connectivity index (χ4n) is 2.49. The second-order valence-corrected chi connectivity index (χ2v) is 49.3. The molecule has 1 aromatic rings. The molecule has 0 aliphatic carbocycles. The maximum absolute atomic E-state index is 2.65. The first-order chi connectivity index (χ1) is 12.5. The Labute approximate surface area is 199 Å². The van der Waals surface area contributed by atoms with Crippen LogP contribution in [0.5, 0.6) is 0 Å². The van der Waals surface area contributed by atoms with Crippen molar-refractivity contribution in [2.45, 2.75) is 94.1 Å². The van der Waals surface area contributed by atoms with E-state index in [0.29, 0.717) is 0 Å². The molecule has 0 amide bonds. The molecule has 0 aliphatic rings. The van der Waals surface area contributed by atoms with Crippen molar-refractivity contribution in [1.29, 1.82) is 0 Å². The van der Waals surface area contributed by atoms with E-state index in [-0.39, 0.29) is 17.6 Å². The number of hydrogen-bond donors (Lipinski definition) is 0. The molecule has 4 radical (unpaired) electrons. The van der Waals surface area contributed by atoms with Crippen molar-refractivity contribution in [2.24, 2.45) is 0 Å². The first kappa shape index (κ1) is 31.9. The summed E-state index contributed by atoms with van der Waals surface area (Å²) in [5.74, 6) is 0. The zero-order valence-corrected chi connectivity index (χ0v) is 31.4. The van der Waals surface area contributed by atoms with Crippen LogP contribution in [0.4, 0.5) is 0 Å². The number of rotatable bonds is 6. The molecule has 0 saturated carbocycles. The molecular formula is C22H50Si4Sn2. The molecule has 0 fully saturated rings. The van der Waals surface area contributed by atoms with Gasteiger partial charge in [-0.3, -0.25) is 0 Å². The standard InChI is InChI=1S/C16H32Si4.6CH3.2Sn/c1-17(2)13-14-19(5,6)20(7,8)16-11-9-15(10-12-16)18(3)4;;;;;;;;/h9-12H,13-14H2,1-8H3;6*1H3;;. The van der Waals surface area contributed by atoms with E-state index in [0.717, 1.165) is 0 Å². The van der Waals surface area contributed by atoms with Crippen molar-refractivity contribution in [2.75, 3.05) is 0 Å². The van der Waals surface area contributed by atoms with Gasteiger partial charge in [0.1, 0.15) is 0 Å². The summed E-state index contributed by atoms with van der Waals surface area (Å²) in [4.78, 5) is 14.2. The maximum atomic E-state index is 2.65. The molecule has 0 nitrogen and oxygen atoms in total. The summed E-state index contributed by atoms with van der Waals surface area (Å²) in [5.41, 5.74) is 0. The minimum absolute atomic E-state index is 0.0652. The van der Waals surface area contributed by atoms with E-state index in [9.17, 15) is 0 Å². The molecule has 0 heterocycles. The third-order valence-electron chi connectivity index (χ3n) is 5.13. The van der Waals surface area contributed by atoms with Crippen LogP contribution in [-0.4, -0.2) is 72.3 Å². The normalized spacial score (nSPS) is 12.1. The first-order valence-corrected chi connectivity index (χ1v) is 40.3. The van der Waals surface area contributed by atoms with E-state index in [4.69, 9.17) is 0 Å². The van der Waals surface area contributed by atoms with Crippen LogP contribution in [0, 0.1) is 0 Å². The van der Waals surface area contributed by atoms with Gasteiger partial charge in [-0.25, -0.2) is 0 Å². The zero-order valence-electron chi connectivity index (χ0n) is 21.7. The van der Waals surface area contributed by atoms with Gasteiger partial charge in [-0.2, -0.15) is 0 Å².